The minimum absolute atomic E-state index is 0.166. The number of aryl methyl sites for hydroxylation is 1. The predicted octanol–water partition coefficient (Wildman–Crippen LogP) is 3.14. The molecule has 0 aliphatic heterocycles. The molecule has 0 unspecified atom stereocenters. The van der Waals surface area contributed by atoms with Crippen molar-refractivity contribution in [2.45, 2.75) is 26.1 Å². The second-order valence-corrected chi connectivity index (χ2v) is 8.29. The zero-order chi connectivity index (χ0) is 26.6. The number of alkyl halides is 3. The Hall–Kier alpha value is -4.54. The summed E-state index contributed by atoms with van der Waals surface area (Å²) in [4.78, 5) is 43.5. The van der Waals surface area contributed by atoms with Gasteiger partial charge in [-0.2, -0.15) is 23.0 Å². The molecule has 4 rings (SSSR count). The van der Waals surface area contributed by atoms with E-state index in [1.807, 2.05) is 6.07 Å². The van der Waals surface area contributed by atoms with Gasteiger partial charge in [-0.05, 0) is 54.4 Å². The van der Waals surface area contributed by atoms with E-state index in [0.29, 0.717) is 12.1 Å². The Kier molecular flexibility index (Phi) is 7.32. The average Bonchev–Trinajstić information content (AvgIpc) is 2.87. The molecule has 8 nitrogen and oxygen atoms in total. The molecule has 0 saturated heterocycles. The SMILES string of the molecule is Cc1cccc(-n2nc(C(=O)NCCc3ccccn3)c(=O)n(Cc3ccc(C(F)(F)F)cc3)c2=O)c1. The van der Waals surface area contributed by atoms with Crippen molar-refractivity contribution in [3.63, 3.8) is 0 Å². The van der Waals surface area contributed by atoms with Crippen LogP contribution in [0.3, 0.4) is 0 Å². The first-order chi connectivity index (χ1) is 17.6. The van der Waals surface area contributed by atoms with E-state index in [4.69, 9.17) is 0 Å². The molecule has 2 aromatic heterocycles. The Bertz CT molecular complexity index is 1530. The molecule has 0 radical (unpaired) electrons. The number of pyridine rings is 1. The molecular formula is C26H22F3N5O3. The summed E-state index contributed by atoms with van der Waals surface area (Å²) in [6, 6.07) is 16.2. The number of amides is 1. The average molecular weight is 509 g/mol. The van der Waals surface area contributed by atoms with Gasteiger partial charge in [0.25, 0.3) is 11.5 Å². The van der Waals surface area contributed by atoms with E-state index in [9.17, 15) is 27.6 Å². The van der Waals surface area contributed by atoms with E-state index in [1.54, 1.807) is 49.5 Å². The lowest BCUT2D eigenvalue weighted by atomic mass is 10.1. The van der Waals surface area contributed by atoms with Gasteiger partial charge >= 0.3 is 11.9 Å². The maximum Gasteiger partial charge on any atom is 0.416 e. The number of nitrogens with one attached hydrogen (secondary N) is 1. The normalized spacial score (nSPS) is 11.4. The van der Waals surface area contributed by atoms with Crippen LogP contribution in [0.4, 0.5) is 13.2 Å². The third kappa shape index (κ3) is 6.00. The zero-order valence-electron chi connectivity index (χ0n) is 19.7. The minimum atomic E-state index is -4.52. The monoisotopic (exact) mass is 509 g/mol. The van der Waals surface area contributed by atoms with Crippen LogP contribution in [0.25, 0.3) is 5.69 Å². The van der Waals surface area contributed by atoms with Gasteiger partial charge in [-0.3, -0.25) is 19.1 Å². The summed E-state index contributed by atoms with van der Waals surface area (Å²) in [5.41, 5.74) is -1.01. The molecule has 0 spiro atoms. The van der Waals surface area contributed by atoms with Crippen molar-refractivity contribution in [3.05, 3.63) is 122 Å². The van der Waals surface area contributed by atoms with Crippen LogP contribution in [0, 0.1) is 6.92 Å². The minimum Gasteiger partial charge on any atom is -0.350 e. The zero-order valence-corrected chi connectivity index (χ0v) is 19.7. The van der Waals surface area contributed by atoms with E-state index in [0.717, 1.165) is 32.6 Å². The van der Waals surface area contributed by atoms with E-state index < -0.39 is 34.6 Å². The molecule has 0 aliphatic rings. The van der Waals surface area contributed by atoms with Crippen LogP contribution in [0.2, 0.25) is 0 Å². The summed E-state index contributed by atoms with van der Waals surface area (Å²) in [6.07, 6.45) is -2.50. The second kappa shape index (κ2) is 10.6. The third-order valence-electron chi connectivity index (χ3n) is 5.54. The molecule has 2 heterocycles. The van der Waals surface area contributed by atoms with Crippen LogP contribution < -0.4 is 16.6 Å². The first-order valence-electron chi connectivity index (χ1n) is 11.3. The molecule has 0 aliphatic carbocycles. The van der Waals surface area contributed by atoms with Crippen molar-refractivity contribution in [1.82, 2.24) is 24.6 Å². The molecule has 0 bridgehead atoms. The van der Waals surface area contributed by atoms with Gasteiger partial charge < -0.3 is 5.32 Å². The Balaban J connectivity index is 1.71. The maximum absolute atomic E-state index is 13.2. The predicted molar refractivity (Wildman–Crippen MR) is 130 cm³/mol. The van der Waals surface area contributed by atoms with Crippen molar-refractivity contribution >= 4 is 5.91 Å². The lowest BCUT2D eigenvalue weighted by molar-refractivity contribution is -0.137. The van der Waals surface area contributed by atoms with Crippen LogP contribution in [-0.4, -0.2) is 31.8 Å². The molecule has 1 N–H and O–H groups in total. The summed E-state index contributed by atoms with van der Waals surface area (Å²) < 4.78 is 40.5. The van der Waals surface area contributed by atoms with E-state index in [1.165, 1.54) is 12.1 Å². The fraction of sp³-hybridized carbons (Fsp3) is 0.192. The Morgan fingerprint density at radius 3 is 2.41 bits per heavy atom. The highest BCUT2D eigenvalue weighted by Gasteiger charge is 2.30. The van der Waals surface area contributed by atoms with E-state index >= 15 is 0 Å². The quantitative estimate of drug-likeness (QED) is 0.413. The summed E-state index contributed by atoms with van der Waals surface area (Å²) in [7, 11) is 0. The lowest BCUT2D eigenvalue weighted by Crippen LogP contribution is -2.46. The van der Waals surface area contributed by atoms with Gasteiger partial charge in [0.05, 0.1) is 17.8 Å². The summed E-state index contributed by atoms with van der Waals surface area (Å²) in [5, 5.41) is 6.67. The topological polar surface area (TPSA) is 98.9 Å². The number of benzene rings is 2. The first kappa shape index (κ1) is 25.5. The molecule has 1 amide bonds. The first-order valence-corrected chi connectivity index (χ1v) is 11.3. The van der Waals surface area contributed by atoms with Gasteiger partial charge in [-0.25, -0.2) is 4.79 Å². The number of aromatic nitrogens is 4. The molecule has 0 saturated carbocycles. The van der Waals surface area contributed by atoms with Gasteiger partial charge in [0.2, 0.25) is 5.69 Å². The molecule has 0 atom stereocenters. The summed E-state index contributed by atoms with van der Waals surface area (Å²) in [6.45, 7) is 1.62. The van der Waals surface area contributed by atoms with Crippen LogP contribution in [0.5, 0.6) is 0 Å². The van der Waals surface area contributed by atoms with Gasteiger partial charge in [-0.1, -0.05) is 30.3 Å². The smallest absolute Gasteiger partial charge is 0.350 e. The van der Waals surface area contributed by atoms with E-state index in [2.05, 4.69) is 15.4 Å². The standard InChI is InChI=1S/C26H22F3N5O3/c1-17-5-4-7-21(15-17)34-25(37)33(16-18-8-10-19(11-9-18)26(27,28)29)24(36)22(32-34)23(35)31-14-12-20-6-2-3-13-30-20/h2-11,13,15H,12,14,16H2,1H3,(H,31,35). The van der Waals surface area contributed by atoms with Gasteiger partial charge in [0.1, 0.15) is 0 Å². The Morgan fingerprint density at radius 1 is 1.00 bits per heavy atom. The van der Waals surface area contributed by atoms with Crippen molar-refractivity contribution in [2.24, 2.45) is 0 Å². The van der Waals surface area contributed by atoms with Gasteiger partial charge in [0.15, 0.2) is 0 Å². The number of nitrogens with zero attached hydrogens (tertiary/aromatic N) is 4. The number of carbonyl (C=O) groups excluding carboxylic acids is 1. The highest BCUT2D eigenvalue weighted by Crippen LogP contribution is 2.29. The third-order valence-corrected chi connectivity index (χ3v) is 5.54. The molecular weight excluding hydrogens is 487 g/mol. The number of carbonyl (C=O) groups is 1. The Morgan fingerprint density at radius 2 is 1.76 bits per heavy atom. The van der Waals surface area contributed by atoms with Crippen LogP contribution in [0.15, 0.2) is 82.5 Å². The van der Waals surface area contributed by atoms with Crippen molar-refractivity contribution in [3.8, 4) is 5.69 Å². The number of rotatable bonds is 7. The largest absolute Gasteiger partial charge is 0.416 e. The molecule has 4 aromatic rings. The van der Waals surface area contributed by atoms with Crippen molar-refractivity contribution in [2.75, 3.05) is 6.54 Å². The molecule has 190 valence electrons. The highest BCUT2D eigenvalue weighted by atomic mass is 19.4. The summed E-state index contributed by atoms with van der Waals surface area (Å²) >= 11 is 0. The summed E-state index contributed by atoms with van der Waals surface area (Å²) in [5.74, 6) is -0.788. The molecule has 37 heavy (non-hydrogen) atoms. The van der Waals surface area contributed by atoms with E-state index in [-0.39, 0.29) is 18.7 Å². The fourth-order valence-corrected chi connectivity index (χ4v) is 3.64. The second-order valence-electron chi connectivity index (χ2n) is 8.29. The molecule has 2 aromatic carbocycles. The van der Waals surface area contributed by atoms with Crippen LogP contribution in [0.1, 0.15) is 32.9 Å². The van der Waals surface area contributed by atoms with Crippen molar-refractivity contribution in [1.29, 1.82) is 0 Å². The van der Waals surface area contributed by atoms with Crippen LogP contribution >= 0.6 is 0 Å². The lowest BCUT2D eigenvalue weighted by Gasteiger charge is -2.13. The Labute approximate surface area is 209 Å². The van der Waals surface area contributed by atoms with Gasteiger partial charge in [0, 0.05) is 24.9 Å². The van der Waals surface area contributed by atoms with Crippen molar-refractivity contribution < 1.29 is 18.0 Å². The highest BCUT2D eigenvalue weighted by molar-refractivity contribution is 5.91. The number of hydrogen-bond donors (Lipinski definition) is 1. The van der Waals surface area contributed by atoms with Gasteiger partial charge in [-0.15, -0.1) is 0 Å². The number of hydrogen-bond acceptors (Lipinski definition) is 5. The fourth-order valence-electron chi connectivity index (χ4n) is 3.64. The molecule has 0 fully saturated rings. The maximum atomic E-state index is 13.2. The van der Waals surface area contributed by atoms with Crippen LogP contribution in [-0.2, 0) is 19.1 Å². The molecule has 11 heteroatoms. The number of halogens is 3.